The minimum atomic E-state index is 0.449. The van der Waals surface area contributed by atoms with E-state index in [9.17, 15) is 0 Å². The molecule has 116 valence electrons. The van der Waals surface area contributed by atoms with Crippen LogP contribution in [0.5, 0.6) is 0 Å². The fraction of sp³-hybridized carbons (Fsp3) is 0.143. The van der Waals surface area contributed by atoms with Crippen molar-refractivity contribution in [2.75, 3.05) is 5.32 Å². The lowest BCUT2D eigenvalue weighted by Gasteiger charge is -2.18. The van der Waals surface area contributed by atoms with Crippen molar-refractivity contribution in [3.63, 3.8) is 0 Å². The molecule has 0 bridgehead atoms. The van der Waals surface area contributed by atoms with E-state index in [2.05, 4.69) is 89.7 Å². The van der Waals surface area contributed by atoms with E-state index in [-0.39, 0.29) is 0 Å². The lowest BCUT2D eigenvalue weighted by atomic mass is 9.92. The van der Waals surface area contributed by atoms with Crippen molar-refractivity contribution in [3.05, 3.63) is 82.8 Å². The van der Waals surface area contributed by atoms with E-state index >= 15 is 0 Å². The molecule has 2 heteroatoms. The van der Waals surface area contributed by atoms with Crippen LogP contribution in [0, 0.1) is 0 Å². The van der Waals surface area contributed by atoms with Crippen LogP contribution in [0.1, 0.15) is 25.3 Å². The van der Waals surface area contributed by atoms with Crippen molar-refractivity contribution in [1.29, 1.82) is 0 Å². The van der Waals surface area contributed by atoms with Gasteiger partial charge in [-0.3, -0.25) is 0 Å². The Hall–Kier alpha value is -2.06. The zero-order valence-corrected chi connectivity index (χ0v) is 15.0. The third kappa shape index (κ3) is 3.48. The molecule has 0 saturated heterocycles. The van der Waals surface area contributed by atoms with E-state index in [1.54, 1.807) is 0 Å². The first kappa shape index (κ1) is 15.8. The van der Waals surface area contributed by atoms with Gasteiger partial charge >= 0.3 is 0 Å². The predicted molar refractivity (Wildman–Crippen MR) is 103 cm³/mol. The zero-order valence-electron chi connectivity index (χ0n) is 13.4. The molecule has 0 unspecified atom stereocenters. The van der Waals surface area contributed by atoms with Gasteiger partial charge in [0.2, 0.25) is 0 Å². The highest BCUT2D eigenvalue weighted by molar-refractivity contribution is 9.10. The maximum Gasteiger partial charge on any atom is 0.0464 e. The van der Waals surface area contributed by atoms with Crippen LogP contribution in [0.25, 0.3) is 11.1 Å². The van der Waals surface area contributed by atoms with Crippen LogP contribution in [-0.4, -0.2) is 0 Å². The summed E-state index contributed by atoms with van der Waals surface area (Å²) in [6.45, 7) is 4.47. The molecule has 3 aromatic carbocycles. The normalized spacial score (nSPS) is 10.8. The number of anilines is 2. The molecule has 0 heterocycles. The predicted octanol–water partition coefficient (Wildman–Crippen LogP) is 6.98. The Bertz CT molecular complexity index is 794. The molecule has 3 rings (SSSR count). The number of hydrogen-bond donors (Lipinski definition) is 1. The van der Waals surface area contributed by atoms with Crippen LogP contribution >= 0.6 is 15.9 Å². The van der Waals surface area contributed by atoms with Crippen molar-refractivity contribution in [2.45, 2.75) is 19.8 Å². The molecule has 0 aliphatic carbocycles. The first-order valence-corrected chi connectivity index (χ1v) is 8.66. The second kappa shape index (κ2) is 7.01. The Balaban J connectivity index is 2.10. The van der Waals surface area contributed by atoms with E-state index in [0.717, 1.165) is 11.4 Å². The molecule has 0 fully saturated rings. The van der Waals surface area contributed by atoms with Gasteiger partial charge in [0.05, 0.1) is 0 Å². The second-order valence-electron chi connectivity index (χ2n) is 5.89. The minimum Gasteiger partial charge on any atom is -0.355 e. The average Bonchev–Trinajstić information content (AvgIpc) is 2.56. The number of rotatable bonds is 4. The van der Waals surface area contributed by atoms with E-state index in [1.807, 2.05) is 18.2 Å². The Morgan fingerprint density at radius 1 is 0.739 bits per heavy atom. The topological polar surface area (TPSA) is 12.0 Å². The van der Waals surface area contributed by atoms with Gasteiger partial charge in [-0.2, -0.15) is 0 Å². The Morgan fingerprint density at radius 2 is 1.39 bits per heavy atom. The molecule has 0 aliphatic heterocycles. The lowest BCUT2D eigenvalue weighted by molar-refractivity contribution is 0.863. The Kier molecular flexibility index (Phi) is 4.82. The molecule has 1 N–H and O–H groups in total. The number of nitrogens with one attached hydrogen (secondary N) is 1. The maximum absolute atomic E-state index is 3.72. The van der Waals surface area contributed by atoms with Crippen molar-refractivity contribution >= 4 is 27.3 Å². The van der Waals surface area contributed by atoms with Crippen LogP contribution in [0.15, 0.2) is 77.3 Å². The summed E-state index contributed by atoms with van der Waals surface area (Å²) >= 11 is 3.72. The fourth-order valence-electron chi connectivity index (χ4n) is 2.86. The fourth-order valence-corrected chi connectivity index (χ4v) is 3.69. The number of para-hydroxylation sites is 2. The monoisotopic (exact) mass is 365 g/mol. The summed E-state index contributed by atoms with van der Waals surface area (Å²) in [6, 6.07) is 25.2. The zero-order chi connectivity index (χ0) is 16.2. The van der Waals surface area contributed by atoms with Gasteiger partial charge in [-0.1, -0.05) is 78.3 Å². The molecule has 0 spiro atoms. The molecule has 3 aromatic rings. The van der Waals surface area contributed by atoms with Crippen LogP contribution < -0.4 is 5.32 Å². The summed E-state index contributed by atoms with van der Waals surface area (Å²) in [5.41, 5.74) is 6.06. The van der Waals surface area contributed by atoms with Crippen molar-refractivity contribution < 1.29 is 0 Å². The van der Waals surface area contributed by atoms with Crippen LogP contribution in [0.4, 0.5) is 11.4 Å². The number of halogens is 1. The van der Waals surface area contributed by atoms with E-state index in [4.69, 9.17) is 0 Å². The molecular weight excluding hydrogens is 346 g/mol. The van der Waals surface area contributed by atoms with Crippen molar-refractivity contribution in [1.82, 2.24) is 0 Å². The molecule has 1 nitrogen and oxygen atoms in total. The molecule has 0 aliphatic rings. The van der Waals surface area contributed by atoms with Crippen molar-refractivity contribution in [2.24, 2.45) is 0 Å². The van der Waals surface area contributed by atoms with Gasteiger partial charge in [-0.15, -0.1) is 0 Å². The van der Waals surface area contributed by atoms with Gasteiger partial charge in [0, 0.05) is 21.4 Å². The van der Waals surface area contributed by atoms with Gasteiger partial charge in [0.25, 0.3) is 0 Å². The van der Waals surface area contributed by atoms with E-state index in [0.29, 0.717) is 5.92 Å². The molecule has 0 amide bonds. The molecule has 0 aromatic heterocycles. The first-order chi connectivity index (χ1) is 11.2. The highest BCUT2D eigenvalue weighted by Gasteiger charge is 2.14. The van der Waals surface area contributed by atoms with Gasteiger partial charge in [-0.05, 0) is 41.3 Å². The largest absolute Gasteiger partial charge is 0.355 e. The number of hydrogen-bond acceptors (Lipinski definition) is 1. The first-order valence-electron chi connectivity index (χ1n) is 7.86. The standard InChI is InChI=1S/C21H20BrN/c1-15(2)21-18(12-8-13-19(21)22)17-11-6-7-14-20(17)23-16-9-4-3-5-10-16/h3-15,23H,1-2H3. The third-order valence-electron chi connectivity index (χ3n) is 3.90. The molecule has 23 heavy (non-hydrogen) atoms. The van der Waals surface area contributed by atoms with Crippen molar-refractivity contribution in [3.8, 4) is 11.1 Å². The highest BCUT2D eigenvalue weighted by atomic mass is 79.9. The summed E-state index contributed by atoms with van der Waals surface area (Å²) in [5, 5.41) is 3.54. The lowest BCUT2D eigenvalue weighted by Crippen LogP contribution is -1.98. The summed E-state index contributed by atoms with van der Waals surface area (Å²) in [7, 11) is 0. The molecule has 0 radical (unpaired) electrons. The second-order valence-corrected chi connectivity index (χ2v) is 6.75. The Labute approximate surface area is 146 Å². The minimum absolute atomic E-state index is 0.449. The smallest absolute Gasteiger partial charge is 0.0464 e. The summed E-state index contributed by atoms with van der Waals surface area (Å²) in [5.74, 6) is 0.449. The quantitative estimate of drug-likeness (QED) is 0.525. The van der Waals surface area contributed by atoms with E-state index in [1.165, 1.54) is 21.2 Å². The SMILES string of the molecule is CC(C)c1c(Br)cccc1-c1ccccc1Nc1ccccc1. The van der Waals surface area contributed by atoms with Crippen LogP contribution in [0.3, 0.4) is 0 Å². The average molecular weight is 366 g/mol. The summed E-state index contributed by atoms with van der Waals surface area (Å²) in [4.78, 5) is 0. The van der Waals surface area contributed by atoms with E-state index < -0.39 is 0 Å². The molecule has 0 atom stereocenters. The molecular formula is C21H20BrN. The maximum atomic E-state index is 3.72. The number of benzene rings is 3. The third-order valence-corrected chi connectivity index (χ3v) is 4.59. The summed E-state index contributed by atoms with van der Waals surface area (Å²) < 4.78 is 1.17. The highest BCUT2D eigenvalue weighted by Crippen LogP contribution is 2.38. The van der Waals surface area contributed by atoms with Gasteiger partial charge < -0.3 is 5.32 Å². The van der Waals surface area contributed by atoms with Gasteiger partial charge in [0.15, 0.2) is 0 Å². The summed E-state index contributed by atoms with van der Waals surface area (Å²) in [6.07, 6.45) is 0. The molecule has 0 saturated carbocycles. The van der Waals surface area contributed by atoms with Gasteiger partial charge in [0.1, 0.15) is 0 Å². The van der Waals surface area contributed by atoms with Gasteiger partial charge in [-0.25, -0.2) is 0 Å². The Morgan fingerprint density at radius 3 is 2.13 bits per heavy atom. The van der Waals surface area contributed by atoms with Crippen LogP contribution in [0.2, 0.25) is 0 Å². The van der Waals surface area contributed by atoms with Crippen LogP contribution in [-0.2, 0) is 0 Å².